The SMILES string of the molecule is Cc1nn(-c2ccccc2)c2nc3noc(N)c3cc12. The lowest BCUT2D eigenvalue weighted by Gasteiger charge is -2.01. The van der Waals surface area contributed by atoms with Crippen molar-refractivity contribution in [2.24, 2.45) is 0 Å². The van der Waals surface area contributed by atoms with E-state index in [1.165, 1.54) is 0 Å². The molecule has 4 aromatic rings. The largest absolute Gasteiger partial charge is 0.367 e. The fourth-order valence-corrected chi connectivity index (χ4v) is 2.31. The summed E-state index contributed by atoms with van der Waals surface area (Å²) in [7, 11) is 0. The van der Waals surface area contributed by atoms with Crippen LogP contribution in [0.25, 0.3) is 27.8 Å². The lowest BCUT2D eigenvalue weighted by molar-refractivity contribution is 0.443. The monoisotopic (exact) mass is 265 g/mol. The number of nitrogen functional groups attached to an aromatic ring is 1. The molecule has 3 aromatic heterocycles. The normalized spacial score (nSPS) is 11.4. The molecule has 0 bridgehead atoms. The second kappa shape index (κ2) is 3.80. The van der Waals surface area contributed by atoms with Crippen LogP contribution in [-0.2, 0) is 0 Å². The third kappa shape index (κ3) is 1.41. The van der Waals surface area contributed by atoms with Crippen LogP contribution in [0.4, 0.5) is 5.88 Å². The van der Waals surface area contributed by atoms with E-state index in [-0.39, 0.29) is 5.88 Å². The molecule has 0 radical (unpaired) electrons. The molecule has 3 heterocycles. The Morgan fingerprint density at radius 3 is 2.75 bits per heavy atom. The van der Waals surface area contributed by atoms with Crippen molar-refractivity contribution >= 4 is 28.0 Å². The summed E-state index contributed by atoms with van der Waals surface area (Å²) in [5.74, 6) is 0.279. The minimum atomic E-state index is 0.279. The third-order valence-corrected chi connectivity index (χ3v) is 3.32. The summed E-state index contributed by atoms with van der Waals surface area (Å²) in [5, 5.41) is 10.1. The van der Waals surface area contributed by atoms with Crippen molar-refractivity contribution in [3.63, 3.8) is 0 Å². The van der Waals surface area contributed by atoms with Gasteiger partial charge in [0.1, 0.15) is 0 Å². The van der Waals surface area contributed by atoms with Crippen LogP contribution in [0.3, 0.4) is 0 Å². The number of anilines is 1. The molecule has 20 heavy (non-hydrogen) atoms. The Labute approximate surface area is 113 Å². The number of nitrogens with zero attached hydrogens (tertiary/aromatic N) is 4. The van der Waals surface area contributed by atoms with Crippen molar-refractivity contribution in [3.8, 4) is 5.69 Å². The van der Waals surface area contributed by atoms with Gasteiger partial charge in [-0.25, -0.2) is 9.67 Å². The lowest BCUT2D eigenvalue weighted by atomic mass is 10.2. The van der Waals surface area contributed by atoms with Gasteiger partial charge in [-0.1, -0.05) is 23.4 Å². The number of aromatic nitrogens is 4. The summed E-state index contributed by atoms with van der Waals surface area (Å²) in [6, 6.07) is 11.8. The first-order valence-electron chi connectivity index (χ1n) is 6.21. The first-order chi connectivity index (χ1) is 9.74. The van der Waals surface area contributed by atoms with Gasteiger partial charge in [-0.2, -0.15) is 5.10 Å². The molecular formula is C14H11N5O. The van der Waals surface area contributed by atoms with E-state index in [1.807, 2.05) is 43.3 Å². The van der Waals surface area contributed by atoms with Crippen molar-refractivity contribution in [2.75, 3.05) is 5.73 Å². The Morgan fingerprint density at radius 1 is 1.15 bits per heavy atom. The molecule has 0 saturated heterocycles. The molecule has 0 amide bonds. The second-order valence-electron chi connectivity index (χ2n) is 4.61. The molecule has 6 nitrogen and oxygen atoms in total. The number of para-hydroxylation sites is 1. The van der Waals surface area contributed by atoms with Gasteiger partial charge >= 0.3 is 0 Å². The zero-order valence-corrected chi connectivity index (χ0v) is 10.7. The van der Waals surface area contributed by atoms with Crippen molar-refractivity contribution in [1.82, 2.24) is 19.9 Å². The van der Waals surface area contributed by atoms with Crippen molar-refractivity contribution in [3.05, 3.63) is 42.1 Å². The highest BCUT2D eigenvalue weighted by Crippen LogP contribution is 2.27. The lowest BCUT2D eigenvalue weighted by Crippen LogP contribution is -1.97. The number of nitrogens with two attached hydrogens (primary N) is 1. The van der Waals surface area contributed by atoms with Crippen molar-refractivity contribution in [2.45, 2.75) is 6.92 Å². The third-order valence-electron chi connectivity index (χ3n) is 3.32. The summed E-state index contributed by atoms with van der Waals surface area (Å²) >= 11 is 0. The van der Waals surface area contributed by atoms with E-state index >= 15 is 0 Å². The number of fused-ring (bicyclic) bond motifs is 2. The summed E-state index contributed by atoms with van der Waals surface area (Å²) in [5.41, 5.74) is 8.82. The fourth-order valence-electron chi connectivity index (χ4n) is 2.31. The van der Waals surface area contributed by atoms with Gasteiger partial charge in [0.25, 0.3) is 0 Å². The van der Waals surface area contributed by atoms with Gasteiger partial charge in [-0.05, 0) is 25.1 Å². The standard InChI is InChI=1S/C14H11N5O/c1-8-10-7-11-12(15)20-18-13(11)16-14(10)19(17-8)9-5-3-2-4-6-9/h2-7H,15H2,1H3. The summed E-state index contributed by atoms with van der Waals surface area (Å²) in [4.78, 5) is 4.51. The molecule has 98 valence electrons. The maximum absolute atomic E-state index is 5.74. The van der Waals surface area contributed by atoms with Gasteiger partial charge in [0.05, 0.1) is 16.8 Å². The van der Waals surface area contributed by atoms with Crippen LogP contribution < -0.4 is 5.73 Å². The van der Waals surface area contributed by atoms with Crippen molar-refractivity contribution < 1.29 is 4.52 Å². The van der Waals surface area contributed by atoms with E-state index in [2.05, 4.69) is 15.2 Å². The van der Waals surface area contributed by atoms with Crippen molar-refractivity contribution in [1.29, 1.82) is 0 Å². The van der Waals surface area contributed by atoms with Gasteiger partial charge in [0, 0.05) is 5.39 Å². The summed E-state index contributed by atoms with van der Waals surface area (Å²) < 4.78 is 6.78. The molecular weight excluding hydrogens is 254 g/mol. The highest BCUT2D eigenvalue weighted by molar-refractivity contribution is 5.95. The van der Waals surface area contributed by atoms with E-state index in [9.17, 15) is 0 Å². The minimum Gasteiger partial charge on any atom is -0.367 e. The maximum atomic E-state index is 5.74. The maximum Gasteiger partial charge on any atom is 0.231 e. The average Bonchev–Trinajstić information content (AvgIpc) is 3.00. The van der Waals surface area contributed by atoms with Gasteiger partial charge in [0.15, 0.2) is 5.65 Å². The first kappa shape index (κ1) is 11.0. The van der Waals surface area contributed by atoms with Crippen LogP contribution in [0.15, 0.2) is 40.9 Å². The molecule has 6 heteroatoms. The number of benzene rings is 1. The van der Waals surface area contributed by atoms with Crippen LogP contribution in [-0.4, -0.2) is 19.9 Å². The summed E-state index contributed by atoms with van der Waals surface area (Å²) in [6.45, 7) is 1.94. The smallest absolute Gasteiger partial charge is 0.231 e. The minimum absolute atomic E-state index is 0.279. The van der Waals surface area contributed by atoms with Crippen LogP contribution in [0.5, 0.6) is 0 Å². The number of hydrogen-bond donors (Lipinski definition) is 1. The number of aryl methyl sites for hydroxylation is 1. The molecule has 2 N–H and O–H groups in total. The van der Waals surface area contributed by atoms with Gasteiger partial charge in [-0.3, -0.25) is 0 Å². The summed E-state index contributed by atoms with van der Waals surface area (Å²) in [6.07, 6.45) is 0. The quantitative estimate of drug-likeness (QED) is 0.571. The fraction of sp³-hybridized carbons (Fsp3) is 0.0714. The second-order valence-corrected chi connectivity index (χ2v) is 4.61. The zero-order chi connectivity index (χ0) is 13.7. The first-order valence-corrected chi connectivity index (χ1v) is 6.21. The van der Waals surface area contributed by atoms with E-state index < -0.39 is 0 Å². The van der Waals surface area contributed by atoms with Gasteiger partial charge in [-0.15, -0.1) is 0 Å². The predicted molar refractivity (Wildman–Crippen MR) is 75.6 cm³/mol. The molecule has 0 fully saturated rings. The molecule has 0 atom stereocenters. The molecule has 0 saturated carbocycles. The number of pyridine rings is 1. The Balaban J connectivity index is 2.10. The van der Waals surface area contributed by atoms with E-state index in [0.29, 0.717) is 11.0 Å². The Hall–Kier alpha value is -2.89. The van der Waals surface area contributed by atoms with Gasteiger partial charge in [0.2, 0.25) is 11.5 Å². The molecule has 0 aliphatic carbocycles. The van der Waals surface area contributed by atoms with E-state index in [0.717, 1.165) is 22.4 Å². The Kier molecular flexibility index (Phi) is 2.09. The molecule has 1 aromatic carbocycles. The zero-order valence-electron chi connectivity index (χ0n) is 10.7. The Bertz CT molecular complexity index is 923. The van der Waals surface area contributed by atoms with Crippen LogP contribution in [0, 0.1) is 6.92 Å². The van der Waals surface area contributed by atoms with Crippen LogP contribution >= 0.6 is 0 Å². The van der Waals surface area contributed by atoms with Crippen LogP contribution in [0.2, 0.25) is 0 Å². The van der Waals surface area contributed by atoms with E-state index in [4.69, 9.17) is 10.3 Å². The highest BCUT2D eigenvalue weighted by Gasteiger charge is 2.15. The number of hydrogen-bond acceptors (Lipinski definition) is 5. The molecule has 0 unspecified atom stereocenters. The highest BCUT2D eigenvalue weighted by atomic mass is 16.5. The predicted octanol–water partition coefficient (Wildman–Crippen LogP) is 2.45. The van der Waals surface area contributed by atoms with Gasteiger partial charge < -0.3 is 10.3 Å². The average molecular weight is 265 g/mol. The number of rotatable bonds is 1. The molecule has 0 aliphatic heterocycles. The molecule has 0 spiro atoms. The Morgan fingerprint density at radius 2 is 1.95 bits per heavy atom. The molecule has 0 aliphatic rings. The molecule has 4 rings (SSSR count). The van der Waals surface area contributed by atoms with Crippen LogP contribution in [0.1, 0.15) is 5.69 Å². The van der Waals surface area contributed by atoms with E-state index in [1.54, 1.807) is 4.68 Å². The topological polar surface area (TPSA) is 82.8 Å².